The minimum Gasteiger partial charge on any atom is -0.478 e. The van der Waals surface area contributed by atoms with Gasteiger partial charge < -0.3 is 14.4 Å². The average Bonchev–Trinajstić information content (AvgIpc) is 2.84. The van der Waals surface area contributed by atoms with E-state index in [1.807, 2.05) is 19.1 Å². The van der Waals surface area contributed by atoms with Crippen molar-refractivity contribution in [3.05, 3.63) is 96.6 Å². The molecular weight excluding hydrogens is 423 g/mol. The summed E-state index contributed by atoms with van der Waals surface area (Å²) in [5.74, 6) is -2.05. The summed E-state index contributed by atoms with van der Waals surface area (Å²) in [5, 5.41) is 11.2. The molecule has 6 heteroatoms. The Balaban J connectivity index is 2.12. The van der Waals surface area contributed by atoms with Gasteiger partial charge in [-0.15, -0.1) is 0 Å². The highest BCUT2D eigenvalue weighted by Gasteiger charge is 2.46. The van der Waals surface area contributed by atoms with Gasteiger partial charge in [-0.05, 0) is 18.6 Å². The molecule has 0 spiro atoms. The Kier molecular flexibility index (Phi) is 8.02. The van der Waals surface area contributed by atoms with Crippen LogP contribution >= 0.6 is 7.14 Å². The monoisotopic (exact) mass is 450 g/mol. The van der Waals surface area contributed by atoms with Gasteiger partial charge in [-0.1, -0.05) is 98.6 Å². The van der Waals surface area contributed by atoms with Crippen molar-refractivity contribution < 1.29 is 24.0 Å². The SMILES string of the molecule is CCCC[C@H]([C@@H](OC(=O)c1ccccc1)C(=O)O)P(=O)(c1ccccc1)c1ccccc1. The second kappa shape index (κ2) is 10.9. The molecule has 2 atom stereocenters. The first kappa shape index (κ1) is 23.5. The molecule has 0 aliphatic heterocycles. The summed E-state index contributed by atoms with van der Waals surface area (Å²) in [6.07, 6.45) is 0.233. The largest absolute Gasteiger partial charge is 0.478 e. The number of carbonyl (C=O) groups excluding carboxylic acids is 1. The number of carboxylic acid groups (broad SMARTS) is 1. The highest BCUT2D eigenvalue weighted by Crippen LogP contribution is 2.52. The number of aliphatic carboxylic acids is 1. The lowest BCUT2D eigenvalue weighted by molar-refractivity contribution is -0.147. The molecule has 32 heavy (non-hydrogen) atoms. The highest BCUT2D eigenvalue weighted by atomic mass is 31.2. The summed E-state index contributed by atoms with van der Waals surface area (Å²) in [6.45, 7) is 1.98. The van der Waals surface area contributed by atoms with Gasteiger partial charge >= 0.3 is 11.9 Å². The molecular formula is C26H27O5P. The molecule has 0 heterocycles. The molecule has 0 fully saturated rings. The van der Waals surface area contributed by atoms with E-state index in [0.29, 0.717) is 23.5 Å². The van der Waals surface area contributed by atoms with Crippen molar-refractivity contribution in [3.8, 4) is 0 Å². The molecule has 3 rings (SSSR count). The number of esters is 1. The van der Waals surface area contributed by atoms with Gasteiger partial charge in [0.15, 0.2) is 0 Å². The Morgan fingerprint density at radius 2 is 1.31 bits per heavy atom. The van der Waals surface area contributed by atoms with Crippen molar-refractivity contribution in [3.63, 3.8) is 0 Å². The molecule has 0 saturated carbocycles. The average molecular weight is 450 g/mol. The molecule has 3 aromatic carbocycles. The number of rotatable bonds is 10. The molecule has 166 valence electrons. The zero-order valence-electron chi connectivity index (χ0n) is 18.0. The topological polar surface area (TPSA) is 80.7 Å². The van der Waals surface area contributed by atoms with Crippen LogP contribution in [0.4, 0.5) is 0 Å². The van der Waals surface area contributed by atoms with E-state index in [4.69, 9.17) is 4.74 Å². The van der Waals surface area contributed by atoms with Crippen molar-refractivity contribution in [2.45, 2.75) is 37.9 Å². The molecule has 0 saturated heterocycles. The fraction of sp³-hybridized carbons (Fsp3) is 0.231. The third-order valence-corrected chi connectivity index (χ3v) is 9.03. The predicted molar refractivity (Wildman–Crippen MR) is 126 cm³/mol. The fourth-order valence-corrected chi connectivity index (χ4v) is 7.23. The van der Waals surface area contributed by atoms with E-state index >= 15 is 0 Å². The molecule has 1 N–H and O–H groups in total. The first-order valence-corrected chi connectivity index (χ1v) is 12.5. The summed E-state index contributed by atoms with van der Waals surface area (Å²) in [6, 6.07) is 26.1. The summed E-state index contributed by atoms with van der Waals surface area (Å²) in [5.41, 5.74) is -0.653. The molecule has 0 bridgehead atoms. The minimum absolute atomic E-state index is 0.252. The zero-order valence-corrected chi connectivity index (χ0v) is 18.9. The van der Waals surface area contributed by atoms with E-state index in [-0.39, 0.29) is 5.56 Å². The van der Waals surface area contributed by atoms with Crippen LogP contribution in [0.15, 0.2) is 91.0 Å². The lowest BCUT2D eigenvalue weighted by atomic mass is 10.1. The van der Waals surface area contributed by atoms with Crippen molar-refractivity contribution in [1.29, 1.82) is 0 Å². The number of hydrogen-bond acceptors (Lipinski definition) is 4. The second-order valence-corrected chi connectivity index (χ2v) is 10.6. The minimum atomic E-state index is -3.48. The summed E-state index contributed by atoms with van der Waals surface area (Å²) in [7, 11) is -3.48. The first-order valence-electron chi connectivity index (χ1n) is 10.7. The van der Waals surface area contributed by atoms with Crippen LogP contribution in [0.3, 0.4) is 0 Å². The molecule has 0 aromatic heterocycles. The number of ether oxygens (including phenoxy) is 1. The molecule has 0 amide bonds. The van der Waals surface area contributed by atoms with Crippen LogP contribution in [0.5, 0.6) is 0 Å². The molecule has 0 aliphatic rings. The maximum Gasteiger partial charge on any atom is 0.345 e. The van der Waals surface area contributed by atoms with Crippen molar-refractivity contribution >= 4 is 29.7 Å². The van der Waals surface area contributed by atoms with E-state index in [9.17, 15) is 19.3 Å². The molecule has 0 aliphatic carbocycles. The predicted octanol–water partition coefficient (Wildman–Crippen LogP) is 4.87. The summed E-state index contributed by atoms with van der Waals surface area (Å²) in [4.78, 5) is 25.1. The quantitative estimate of drug-likeness (QED) is 0.352. The first-order chi connectivity index (χ1) is 15.5. The van der Waals surface area contributed by atoms with Crippen molar-refractivity contribution in [2.75, 3.05) is 0 Å². The van der Waals surface area contributed by atoms with E-state index in [1.165, 1.54) is 0 Å². The van der Waals surface area contributed by atoms with Gasteiger partial charge in [-0.2, -0.15) is 0 Å². The van der Waals surface area contributed by atoms with Gasteiger partial charge in [0.25, 0.3) is 0 Å². The van der Waals surface area contributed by atoms with Crippen molar-refractivity contribution in [2.24, 2.45) is 0 Å². The summed E-state index contributed by atoms with van der Waals surface area (Å²) < 4.78 is 20.4. The van der Waals surface area contributed by atoms with Gasteiger partial charge in [-0.3, -0.25) is 0 Å². The van der Waals surface area contributed by atoms with Gasteiger partial charge in [-0.25, -0.2) is 9.59 Å². The number of unbranched alkanes of at least 4 members (excludes halogenated alkanes) is 1. The molecule has 3 aromatic rings. The van der Waals surface area contributed by atoms with Crippen LogP contribution in [-0.2, 0) is 14.1 Å². The van der Waals surface area contributed by atoms with Gasteiger partial charge in [0, 0.05) is 10.6 Å². The van der Waals surface area contributed by atoms with E-state index < -0.39 is 30.8 Å². The lowest BCUT2D eigenvalue weighted by Crippen LogP contribution is -2.42. The zero-order chi connectivity index (χ0) is 23.0. The van der Waals surface area contributed by atoms with Crippen LogP contribution in [0.2, 0.25) is 0 Å². The lowest BCUT2D eigenvalue weighted by Gasteiger charge is -2.32. The van der Waals surface area contributed by atoms with E-state index in [2.05, 4.69) is 0 Å². The van der Waals surface area contributed by atoms with Crippen LogP contribution in [0, 0.1) is 0 Å². The Morgan fingerprint density at radius 3 is 1.75 bits per heavy atom. The van der Waals surface area contributed by atoms with Gasteiger partial charge in [0.1, 0.15) is 7.14 Å². The number of hydrogen-bond donors (Lipinski definition) is 1. The molecule has 0 radical (unpaired) electrons. The Morgan fingerprint density at radius 1 is 0.844 bits per heavy atom. The third-order valence-electron chi connectivity index (χ3n) is 5.44. The van der Waals surface area contributed by atoms with Crippen LogP contribution in [0.25, 0.3) is 0 Å². The second-order valence-electron chi connectivity index (χ2n) is 7.57. The van der Waals surface area contributed by atoms with E-state index in [0.717, 1.165) is 6.42 Å². The Bertz CT molecular complexity index is 1020. The smallest absolute Gasteiger partial charge is 0.345 e. The van der Waals surface area contributed by atoms with Crippen LogP contribution < -0.4 is 10.6 Å². The number of carbonyl (C=O) groups is 2. The number of carboxylic acids is 1. The van der Waals surface area contributed by atoms with Gasteiger partial charge in [0.05, 0.1) is 11.2 Å². The van der Waals surface area contributed by atoms with Crippen LogP contribution in [0.1, 0.15) is 36.5 Å². The van der Waals surface area contributed by atoms with Crippen molar-refractivity contribution in [1.82, 2.24) is 0 Å². The standard InChI is InChI=1S/C26H27O5P/c1-2-3-19-23(24(25(27)28)31-26(29)20-13-7-4-8-14-20)32(30,21-15-9-5-10-16-21)22-17-11-6-12-18-22/h4-18,23-24H,2-3,19H2,1H3,(H,27,28)/t23-,24-/m1/s1. The maximum absolute atomic E-state index is 14.8. The number of benzene rings is 3. The third kappa shape index (κ3) is 5.17. The van der Waals surface area contributed by atoms with Crippen LogP contribution in [-0.4, -0.2) is 28.8 Å². The summed E-state index contributed by atoms with van der Waals surface area (Å²) >= 11 is 0. The highest BCUT2D eigenvalue weighted by molar-refractivity contribution is 7.79. The molecule has 5 nitrogen and oxygen atoms in total. The Hall–Kier alpha value is -3.17. The van der Waals surface area contributed by atoms with Gasteiger partial charge in [0.2, 0.25) is 6.10 Å². The maximum atomic E-state index is 14.8. The van der Waals surface area contributed by atoms with E-state index in [1.54, 1.807) is 78.9 Å². The normalized spacial score (nSPS) is 13.2. The Labute approximate surface area is 188 Å². The fourth-order valence-electron chi connectivity index (χ4n) is 3.82. The molecule has 0 unspecified atom stereocenters.